The summed E-state index contributed by atoms with van der Waals surface area (Å²) in [5, 5.41) is 13.0. The number of nitrogens with zero attached hydrogens (tertiary/aromatic N) is 1. The van der Waals surface area contributed by atoms with E-state index in [-0.39, 0.29) is 11.9 Å². The van der Waals surface area contributed by atoms with Crippen molar-refractivity contribution in [3.63, 3.8) is 0 Å². The molecule has 3 nitrogen and oxygen atoms in total. The highest BCUT2D eigenvalue weighted by atomic mass is 19.1. The van der Waals surface area contributed by atoms with Crippen molar-refractivity contribution < 1.29 is 9.13 Å². The summed E-state index contributed by atoms with van der Waals surface area (Å²) in [7, 11) is 0. The summed E-state index contributed by atoms with van der Waals surface area (Å²) in [6, 6.07) is 7.93. The maximum absolute atomic E-state index is 13.6. The second-order valence-electron chi connectivity index (χ2n) is 6.36. The zero-order chi connectivity index (χ0) is 14.9. The molecule has 0 bridgehead atoms. The molecule has 2 unspecified atom stereocenters. The summed E-state index contributed by atoms with van der Waals surface area (Å²) in [6.07, 6.45) is 5.75. The van der Waals surface area contributed by atoms with E-state index in [1.165, 1.54) is 6.07 Å². The summed E-state index contributed by atoms with van der Waals surface area (Å²) in [6.45, 7) is 1.74. The van der Waals surface area contributed by atoms with Crippen molar-refractivity contribution >= 4 is 0 Å². The van der Waals surface area contributed by atoms with E-state index in [0.717, 1.165) is 32.1 Å². The van der Waals surface area contributed by atoms with Gasteiger partial charge >= 0.3 is 0 Å². The maximum atomic E-state index is 13.6. The van der Waals surface area contributed by atoms with Gasteiger partial charge in [-0.25, -0.2) is 4.39 Å². The normalized spacial score (nSPS) is 28.9. The minimum atomic E-state index is -0.465. The van der Waals surface area contributed by atoms with E-state index in [9.17, 15) is 9.65 Å². The molecule has 3 rings (SSSR count). The number of hydrogen-bond acceptors (Lipinski definition) is 3. The highest BCUT2D eigenvalue weighted by molar-refractivity contribution is 5.28. The molecule has 0 saturated heterocycles. The number of benzene rings is 1. The van der Waals surface area contributed by atoms with Crippen molar-refractivity contribution in [2.45, 2.75) is 63.1 Å². The first-order chi connectivity index (χ1) is 10.1. The molecule has 2 saturated carbocycles. The van der Waals surface area contributed by atoms with Crippen LogP contribution in [0.1, 0.15) is 44.1 Å². The number of halogens is 1. The van der Waals surface area contributed by atoms with Crippen LogP contribution >= 0.6 is 0 Å². The van der Waals surface area contributed by atoms with Gasteiger partial charge in [0.1, 0.15) is 23.2 Å². The van der Waals surface area contributed by atoms with Crippen molar-refractivity contribution in [3.05, 3.63) is 29.6 Å². The smallest absolute Gasteiger partial charge is 0.129 e. The van der Waals surface area contributed by atoms with E-state index in [2.05, 4.69) is 11.4 Å². The Bertz CT molecular complexity index is 564. The van der Waals surface area contributed by atoms with Gasteiger partial charge in [-0.05, 0) is 50.7 Å². The molecule has 2 atom stereocenters. The zero-order valence-electron chi connectivity index (χ0n) is 12.4. The van der Waals surface area contributed by atoms with E-state index in [0.29, 0.717) is 23.8 Å². The Labute approximate surface area is 125 Å². The lowest BCUT2D eigenvalue weighted by molar-refractivity contribution is 0.111. The Kier molecular flexibility index (Phi) is 3.86. The van der Waals surface area contributed by atoms with Crippen molar-refractivity contribution in [1.29, 1.82) is 5.26 Å². The van der Waals surface area contributed by atoms with Crippen molar-refractivity contribution in [1.82, 2.24) is 5.32 Å². The molecule has 112 valence electrons. The molecule has 1 aromatic rings. The van der Waals surface area contributed by atoms with E-state index >= 15 is 0 Å². The summed E-state index contributed by atoms with van der Waals surface area (Å²) >= 11 is 0. The number of nitriles is 1. The molecule has 0 amide bonds. The average Bonchev–Trinajstić information content (AvgIpc) is 3.27. The van der Waals surface area contributed by atoms with Gasteiger partial charge in [0.25, 0.3) is 0 Å². The van der Waals surface area contributed by atoms with Crippen LogP contribution in [0.15, 0.2) is 18.2 Å². The number of rotatable bonds is 4. The molecule has 4 heteroatoms. The lowest BCUT2D eigenvalue weighted by Gasteiger charge is -2.36. The predicted molar refractivity (Wildman–Crippen MR) is 78.5 cm³/mol. The third kappa shape index (κ3) is 3.36. The molecular formula is C17H21FN2O. The third-order valence-electron chi connectivity index (χ3n) is 4.42. The first kappa shape index (κ1) is 14.3. The number of ether oxygens (including phenoxy) is 1. The van der Waals surface area contributed by atoms with Gasteiger partial charge in [0.15, 0.2) is 0 Å². The fourth-order valence-electron chi connectivity index (χ4n) is 3.05. The summed E-state index contributed by atoms with van der Waals surface area (Å²) in [4.78, 5) is 0. The lowest BCUT2D eigenvalue weighted by atomic mass is 9.81. The topological polar surface area (TPSA) is 45.0 Å². The Balaban J connectivity index is 1.67. The standard InChI is InChI=1S/C17H21FN2O/c1-12-4-7-14(9-16(12)18)21-15-3-2-8-17(10-15,11-19)20-13-5-6-13/h4,7,9,13,15,20H,2-3,5-6,8,10H2,1H3. The molecule has 2 aliphatic carbocycles. The van der Waals surface area contributed by atoms with Gasteiger partial charge in [0, 0.05) is 18.5 Å². The van der Waals surface area contributed by atoms with Gasteiger partial charge < -0.3 is 4.74 Å². The minimum Gasteiger partial charge on any atom is -0.490 e. The summed E-state index contributed by atoms with van der Waals surface area (Å²) < 4.78 is 19.5. The molecule has 0 spiro atoms. The molecule has 2 fully saturated rings. The highest BCUT2D eigenvalue weighted by Gasteiger charge is 2.41. The van der Waals surface area contributed by atoms with Crippen molar-refractivity contribution in [2.75, 3.05) is 0 Å². The Hall–Kier alpha value is -1.60. The quantitative estimate of drug-likeness (QED) is 0.922. The molecular weight excluding hydrogens is 267 g/mol. The van der Waals surface area contributed by atoms with Crippen LogP contribution in [-0.4, -0.2) is 17.7 Å². The van der Waals surface area contributed by atoms with E-state index in [4.69, 9.17) is 4.74 Å². The Morgan fingerprint density at radius 1 is 1.38 bits per heavy atom. The fraction of sp³-hybridized carbons (Fsp3) is 0.588. The van der Waals surface area contributed by atoms with Crippen LogP contribution in [0.25, 0.3) is 0 Å². The Morgan fingerprint density at radius 3 is 2.86 bits per heavy atom. The molecule has 0 radical (unpaired) electrons. The van der Waals surface area contributed by atoms with Crippen molar-refractivity contribution in [2.24, 2.45) is 0 Å². The van der Waals surface area contributed by atoms with Gasteiger partial charge in [-0.3, -0.25) is 5.32 Å². The minimum absolute atomic E-state index is 0.0215. The van der Waals surface area contributed by atoms with Crippen LogP contribution in [0.3, 0.4) is 0 Å². The van der Waals surface area contributed by atoms with Gasteiger partial charge in [-0.15, -0.1) is 0 Å². The van der Waals surface area contributed by atoms with Crippen LogP contribution in [-0.2, 0) is 0 Å². The predicted octanol–water partition coefficient (Wildman–Crippen LogP) is 3.47. The first-order valence-corrected chi connectivity index (χ1v) is 7.72. The Morgan fingerprint density at radius 2 is 2.19 bits per heavy atom. The van der Waals surface area contributed by atoms with E-state index < -0.39 is 5.54 Å². The summed E-state index contributed by atoms with van der Waals surface area (Å²) in [5.41, 5.74) is 0.153. The highest BCUT2D eigenvalue weighted by Crippen LogP contribution is 2.34. The van der Waals surface area contributed by atoms with Crippen LogP contribution in [0.5, 0.6) is 5.75 Å². The molecule has 21 heavy (non-hydrogen) atoms. The van der Waals surface area contributed by atoms with E-state index in [1.54, 1.807) is 19.1 Å². The van der Waals surface area contributed by atoms with Crippen LogP contribution in [0.2, 0.25) is 0 Å². The van der Waals surface area contributed by atoms with Gasteiger partial charge in [0.05, 0.1) is 6.07 Å². The summed E-state index contributed by atoms with van der Waals surface area (Å²) in [5.74, 6) is 0.314. The molecule has 0 aromatic heterocycles. The first-order valence-electron chi connectivity index (χ1n) is 7.72. The zero-order valence-corrected chi connectivity index (χ0v) is 12.4. The number of aryl methyl sites for hydroxylation is 1. The fourth-order valence-corrected chi connectivity index (χ4v) is 3.05. The average molecular weight is 288 g/mol. The van der Waals surface area contributed by atoms with Gasteiger partial charge in [-0.1, -0.05) is 6.07 Å². The molecule has 1 aromatic carbocycles. The SMILES string of the molecule is Cc1ccc(OC2CCCC(C#N)(NC3CC3)C2)cc1F. The van der Waals surface area contributed by atoms with E-state index in [1.807, 2.05) is 0 Å². The van der Waals surface area contributed by atoms with Gasteiger partial charge in [-0.2, -0.15) is 5.26 Å². The second kappa shape index (κ2) is 5.65. The molecule has 1 N–H and O–H groups in total. The monoisotopic (exact) mass is 288 g/mol. The molecule has 2 aliphatic rings. The molecule has 0 aliphatic heterocycles. The number of hydrogen-bond donors (Lipinski definition) is 1. The van der Waals surface area contributed by atoms with Crippen LogP contribution < -0.4 is 10.1 Å². The largest absolute Gasteiger partial charge is 0.490 e. The third-order valence-corrected chi connectivity index (χ3v) is 4.42. The van der Waals surface area contributed by atoms with Crippen LogP contribution in [0, 0.1) is 24.1 Å². The second-order valence-corrected chi connectivity index (χ2v) is 6.36. The van der Waals surface area contributed by atoms with Gasteiger partial charge in [0.2, 0.25) is 0 Å². The lowest BCUT2D eigenvalue weighted by Crippen LogP contribution is -2.50. The molecule has 0 heterocycles. The number of nitrogens with one attached hydrogen (secondary N) is 1. The maximum Gasteiger partial charge on any atom is 0.129 e. The van der Waals surface area contributed by atoms with Crippen molar-refractivity contribution in [3.8, 4) is 11.8 Å². The van der Waals surface area contributed by atoms with Crippen LogP contribution in [0.4, 0.5) is 4.39 Å².